The first-order chi connectivity index (χ1) is 10.5. The molecule has 1 aromatic rings. The third-order valence-corrected chi connectivity index (χ3v) is 6.76. The van der Waals surface area contributed by atoms with Gasteiger partial charge in [0.25, 0.3) is 0 Å². The number of nitrogens with zero attached hydrogens (tertiary/aromatic N) is 3. The van der Waals surface area contributed by atoms with Crippen molar-refractivity contribution in [2.75, 3.05) is 18.4 Å². The summed E-state index contributed by atoms with van der Waals surface area (Å²) in [6, 6.07) is 2.27. The molecule has 0 radical (unpaired) electrons. The van der Waals surface area contributed by atoms with Crippen LogP contribution in [0.5, 0.6) is 0 Å². The molecule has 22 heavy (non-hydrogen) atoms. The number of aromatic nitrogens is 2. The Kier molecular flexibility index (Phi) is 4.36. The van der Waals surface area contributed by atoms with Crippen LogP contribution in [0.2, 0.25) is 0 Å². The van der Waals surface area contributed by atoms with Crippen LogP contribution in [-0.2, 0) is 16.4 Å². The zero-order valence-electron chi connectivity index (χ0n) is 13.2. The van der Waals surface area contributed by atoms with Crippen molar-refractivity contribution in [3.05, 3.63) is 17.6 Å². The maximum atomic E-state index is 12.2. The molecule has 0 aromatic carbocycles. The first-order valence-electron chi connectivity index (χ1n) is 8.09. The van der Waals surface area contributed by atoms with Crippen LogP contribution in [-0.4, -0.2) is 47.1 Å². The molecule has 1 saturated carbocycles. The minimum atomic E-state index is -3.02. The molecule has 2 aliphatic rings. The number of sulfonamides is 1. The Morgan fingerprint density at radius 2 is 1.91 bits per heavy atom. The summed E-state index contributed by atoms with van der Waals surface area (Å²) in [5.74, 6) is 1.63. The van der Waals surface area contributed by atoms with Crippen LogP contribution < -0.4 is 5.32 Å². The molecule has 7 heteroatoms. The molecule has 1 N–H and O–H groups in total. The van der Waals surface area contributed by atoms with Gasteiger partial charge in [0.15, 0.2) is 0 Å². The maximum absolute atomic E-state index is 12.2. The molecule has 6 nitrogen and oxygen atoms in total. The summed E-state index contributed by atoms with van der Waals surface area (Å²) < 4.78 is 26.1. The molecule has 1 aliphatic carbocycles. The molecule has 1 saturated heterocycles. The molecule has 2 fully saturated rings. The molecule has 1 aliphatic heterocycles. The standard InChI is InChI=1S/C15H24N4O2S/c1-3-12-10-15(17-11(2)16-12)18-13-6-8-19(9-7-13)22(20,21)14-4-5-14/h10,13-14H,3-9H2,1-2H3,(H,16,17,18). The average molecular weight is 324 g/mol. The maximum Gasteiger partial charge on any atom is 0.216 e. The van der Waals surface area contributed by atoms with Gasteiger partial charge in [-0.05, 0) is 39.0 Å². The van der Waals surface area contributed by atoms with E-state index in [9.17, 15) is 8.42 Å². The third-order valence-electron chi connectivity index (χ3n) is 4.36. The van der Waals surface area contributed by atoms with Crippen LogP contribution in [0.4, 0.5) is 5.82 Å². The van der Waals surface area contributed by atoms with E-state index in [1.165, 1.54) is 0 Å². The van der Waals surface area contributed by atoms with Crippen molar-refractivity contribution in [3.8, 4) is 0 Å². The Balaban J connectivity index is 1.59. The Hall–Kier alpha value is -1.21. The quantitative estimate of drug-likeness (QED) is 0.892. The molecular weight excluding hydrogens is 300 g/mol. The number of piperidine rings is 1. The lowest BCUT2D eigenvalue weighted by Crippen LogP contribution is -2.43. The molecule has 3 rings (SSSR count). The fourth-order valence-corrected chi connectivity index (χ4v) is 4.80. The average Bonchev–Trinajstić information content (AvgIpc) is 3.32. The highest BCUT2D eigenvalue weighted by Gasteiger charge is 2.41. The van der Waals surface area contributed by atoms with Crippen molar-refractivity contribution in [1.29, 1.82) is 0 Å². The van der Waals surface area contributed by atoms with Crippen molar-refractivity contribution in [2.45, 2.75) is 57.2 Å². The van der Waals surface area contributed by atoms with Crippen molar-refractivity contribution >= 4 is 15.8 Å². The van der Waals surface area contributed by atoms with E-state index < -0.39 is 10.0 Å². The van der Waals surface area contributed by atoms with Gasteiger partial charge in [-0.3, -0.25) is 0 Å². The van der Waals surface area contributed by atoms with Gasteiger partial charge in [0, 0.05) is 30.9 Å². The second-order valence-electron chi connectivity index (χ2n) is 6.21. The normalized spacial score (nSPS) is 21.0. The topological polar surface area (TPSA) is 75.2 Å². The van der Waals surface area contributed by atoms with E-state index in [4.69, 9.17) is 0 Å². The van der Waals surface area contributed by atoms with Gasteiger partial charge < -0.3 is 5.32 Å². The fourth-order valence-electron chi connectivity index (χ4n) is 2.93. The van der Waals surface area contributed by atoms with E-state index in [2.05, 4.69) is 22.2 Å². The highest BCUT2D eigenvalue weighted by atomic mass is 32.2. The highest BCUT2D eigenvalue weighted by molar-refractivity contribution is 7.90. The summed E-state index contributed by atoms with van der Waals surface area (Å²) in [5, 5.41) is 3.34. The van der Waals surface area contributed by atoms with Gasteiger partial charge in [-0.25, -0.2) is 22.7 Å². The van der Waals surface area contributed by atoms with Gasteiger partial charge in [-0.1, -0.05) is 6.92 Å². The summed E-state index contributed by atoms with van der Waals surface area (Å²) in [7, 11) is -3.02. The lowest BCUT2D eigenvalue weighted by atomic mass is 10.1. The minimum absolute atomic E-state index is 0.103. The van der Waals surface area contributed by atoms with E-state index in [1.807, 2.05) is 13.0 Å². The van der Waals surface area contributed by atoms with Crippen molar-refractivity contribution in [1.82, 2.24) is 14.3 Å². The lowest BCUT2D eigenvalue weighted by Gasteiger charge is -2.32. The molecule has 0 atom stereocenters. The van der Waals surface area contributed by atoms with E-state index in [-0.39, 0.29) is 11.3 Å². The first kappa shape index (κ1) is 15.7. The number of hydrogen-bond acceptors (Lipinski definition) is 5. The summed E-state index contributed by atoms with van der Waals surface area (Å²) in [4.78, 5) is 8.81. The Morgan fingerprint density at radius 1 is 1.23 bits per heavy atom. The molecule has 122 valence electrons. The van der Waals surface area contributed by atoms with Gasteiger partial charge in [-0.2, -0.15) is 0 Å². The SMILES string of the molecule is CCc1cc(NC2CCN(S(=O)(=O)C3CC3)CC2)nc(C)n1. The Bertz CT molecular complexity index is 635. The van der Waals surface area contributed by atoms with Gasteiger partial charge in [0.1, 0.15) is 11.6 Å². The van der Waals surface area contributed by atoms with Crippen LogP contribution in [0.15, 0.2) is 6.07 Å². The summed E-state index contributed by atoms with van der Waals surface area (Å²) in [6.45, 7) is 5.20. The first-order valence-corrected chi connectivity index (χ1v) is 9.59. The van der Waals surface area contributed by atoms with E-state index in [0.717, 1.165) is 49.4 Å². The molecule has 0 bridgehead atoms. The third kappa shape index (κ3) is 3.41. The van der Waals surface area contributed by atoms with Gasteiger partial charge in [-0.15, -0.1) is 0 Å². The summed E-state index contributed by atoms with van der Waals surface area (Å²) in [5.41, 5.74) is 1.03. The summed E-state index contributed by atoms with van der Waals surface area (Å²) in [6.07, 6.45) is 4.21. The molecule has 0 amide bonds. The van der Waals surface area contributed by atoms with E-state index >= 15 is 0 Å². The Labute approximate surface area is 132 Å². The van der Waals surface area contributed by atoms with Crippen LogP contribution in [0.25, 0.3) is 0 Å². The fraction of sp³-hybridized carbons (Fsp3) is 0.733. The number of anilines is 1. The lowest BCUT2D eigenvalue weighted by molar-refractivity contribution is 0.329. The largest absolute Gasteiger partial charge is 0.367 e. The second kappa shape index (κ2) is 6.12. The van der Waals surface area contributed by atoms with Crippen LogP contribution in [0, 0.1) is 6.92 Å². The summed E-state index contributed by atoms with van der Waals surface area (Å²) >= 11 is 0. The van der Waals surface area contributed by atoms with Gasteiger partial charge in [0.05, 0.1) is 5.25 Å². The van der Waals surface area contributed by atoms with E-state index in [1.54, 1.807) is 4.31 Å². The smallest absolute Gasteiger partial charge is 0.216 e. The van der Waals surface area contributed by atoms with Gasteiger partial charge >= 0.3 is 0 Å². The Morgan fingerprint density at radius 3 is 2.50 bits per heavy atom. The van der Waals surface area contributed by atoms with Crippen molar-refractivity contribution < 1.29 is 8.42 Å². The van der Waals surface area contributed by atoms with E-state index in [0.29, 0.717) is 13.1 Å². The molecule has 0 unspecified atom stereocenters. The molecule has 1 aromatic heterocycles. The zero-order chi connectivity index (χ0) is 15.7. The number of nitrogens with one attached hydrogen (secondary N) is 1. The van der Waals surface area contributed by atoms with Crippen molar-refractivity contribution in [3.63, 3.8) is 0 Å². The molecule has 2 heterocycles. The van der Waals surface area contributed by atoms with Crippen LogP contribution in [0.3, 0.4) is 0 Å². The van der Waals surface area contributed by atoms with Gasteiger partial charge in [0.2, 0.25) is 10.0 Å². The minimum Gasteiger partial charge on any atom is -0.367 e. The number of aryl methyl sites for hydroxylation is 2. The molecule has 0 spiro atoms. The highest BCUT2D eigenvalue weighted by Crippen LogP contribution is 2.32. The second-order valence-corrected chi connectivity index (χ2v) is 8.42. The zero-order valence-corrected chi connectivity index (χ0v) is 14.1. The van der Waals surface area contributed by atoms with Crippen LogP contribution >= 0.6 is 0 Å². The van der Waals surface area contributed by atoms with Crippen LogP contribution in [0.1, 0.15) is 44.1 Å². The predicted octanol–water partition coefficient (Wildman–Crippen LogP) is 1.72. The van der Waals surface area contributed by atoms with Crippen molar-refractivity contribution in [2.24, 2.45) is 0 Å². The predicted molar refractivity (Wildman–Crippen MR) is 86.3 cm³/mol. The number of hydrogen-bond donors (Lipinski definition) is 1. The number of rotatable bonds is 5. The monoisotopic (exact) mass is 324 g/mol. The molecular formula is C15H24N4O2S.